The predicted molar refractivity (Wildman–Crippen MR) is 119 cm³/mol. The zero-order valence-electron chi connectivity index (χ0n) is 17.4. The van der Waals surface area contributed by atoms with E-state index >= 15 is 0 Å². The highest BCUT2D eigenvalue weighted by molar-refractivity contribution is 7.92. The number of aryl methyl sites for hydroxylation is 1. The Kier molecular flexibility index (Phi) is 7.79. The van der Waals surface area contributed by atoms with Gasteiger partial charge in [-0.2, -0.15) is 0 Å². The van der Waals surface area contributed by atoms with Gasteiger partial charge < -0.3 is 5.32 Å². The van der Waals surface area contributed by atoms with Gasteiger partial charge in [-0.3, -0.25) is 4.79 Å². The number of carbonyl (C=O) groups excluding carboxylic acids is 1. The number of hydrogen-bond acceptors (Lipinski definition) is 5. The summed E-state index contributed by atoms with van der Waals surface area (Å²) >= 11 is 0. The van der Waals surface area contributed by atoms with Crippen LogP contribution in [-0.4, -0.2) is 39.8 Å². The summed E-state index contributed by atoms with van der Waals surface area (Å²) in [5.74, 6) is -1.45. The minimum atomic E-state index is -3.77. The predicted octanol–water partition coefficient (Wildman–Crippen LogP) is 2.75. The Morgan fingerprint density at radius 1 is 0.933 bits per heavy atom. The van der Waals surface area contributed by atoms with Gasteiger partial charge in [0.05, 0.1) is 10.6 Å². The molecule has 0 aliphatic rings. The van der Waals surface area contributed by atoms with E-state index in [0.717, 1.165) is 5.56 Å². The van der Waals surface area contributed by atoms with E-state index in [1.54, 1.807) is 20.8 Å². The van der Waals surface area contributed by atoms with Crippen molar-refractivity contribution in [1.82, 2.24) is 4.72 Å². The molecule has 2 N–H and O–H groups in total. The van der Waals surface area contributed by atoms with Crippen molar-refractivity contribution in [3.63, 3.8) is 0 Å². The number of sulfone groups is 1. The Balaban J connectivity index is 1.95. The molecule has 0 radical (unpaired) electrons. The van der Waals surface area contributed by atoms with Gasteiger partial charge in [-0.1, -0.05) is 36.4 Å². The lowest BCUT2D eigenvalue weighted by Gasteiger charge is -2.20. The van der Waals surface area contributed by atoms with Crippen LogP contribution in [0.3, 0.4) is 0 Å². The van der Waals surface area contributed by atoms with E-state index in [2.05, 4.69) is 10.0 Å². The van der Waals surface area contributed by atoms with E-state index in [0.29, 0.717) is 12.8 Å². The molecular formula is C21H28N2O5S2. The maximum atomic E-state index is 12.4. The van der Waals surface area contributed by atoms with Crippen LogP contribution in [0, 0.1) is 0 Å². The van der Waals surface area contributed by atoms with Crippen molar-refractivity contribution in [2.75, 3.05) is 16.8 Å². The third-order valence-electron chi connectivity index (χ3n) is 3.98. The summed E-state index contributed by atoms with van der Waals surface area (Å²) in [7, 11) is -7.35. The Morgan fingerprint density at radius 2 is 1.60 bits per heavy atom. The molecule has 7 nitrogen and oxygen atoms in total. The number of rotatable bonds is 9. The number of carbonyl (C=O) groups is 1. The molecule has 2 aromatic carbocycles. The van der Waals surface area contributed by atoms with Crippen LogP contribution < -0.4 is 10.0 Å². The van der Waals surface area contributed by atoms with Crippen molar-refractivity contribution in [1.29, 1.82) is 0 Å². The number of amides is 1. The van der Waals surface area contributed by atoms with Gasteiger partial charge in [-0.15, -0.1) is 0 Å². The molecule has 0 aromatic heterocycles. The molecular weight excluding hydrogens is 424 g/mol. The van der Waals surface area contributed by atoms with Crippen molar-refractivity contribution in [3.05, 3.63) is 60.2 Å². The fourth-order valence-electron chi connectivity index (χ4n) is 2.81. The molecule has 0 saturated heterocycles. The van der Waals surface area contributed by atoms with Crippen LogP contribution >= 0.6 is 0 Å². The quantitative estimate of drug-likeness (QED) is 0.608. The van der Waals surface area contributed by atoms with E-state index < -0.39 is 37.1 Å². The van der Waals surface area contributed by atoms with Crippen LogP contribution in [0.4, 0.5) is 5.69 Å². The number of nitrogens with one attached hydrogen (secondary N) is 2. The maximum absolute atomic E-state index is 12.4. The first-order valence-electron chi connectivity index (χ1n) is 9.55. The lowest BCUT2D eigenvalue weighted by molar-refractivity contribution is -0.113. The molecule has 9 heteroatoms. The summed E-state index contributed by atoms with van der Waals surface area (Å²) < 4.78 is 51.9. The van der Waals surface area contributed by atoms with Crippen LogP contribution in [0.15, 0.2) is 59.5 Å². The molecule has 0 unspecified atom stereocenters. The molecule has 0 bridgehead atoms. The number of benzene rings is 2. The SMILES string of the molecule is CC(C)(C)NS(=O)(=O)c1cccc(NC(=O)CS(=O)(=O)CCCc2ccccc2)c1. The number of anilines is 1. The van der Waals surface area contributed by atoms with E-state index in [-0.39, 0.29) is 16.3 Å². The first-order valence-corrected chi connectivity index (χ1v) is 12.9. The third-order valence-corrected chi connectivity index (χ3v) is 7.35. The molecule has 1 amide bonds. The van der Waals surface area contributed by atoms with E-state index in [9.17, 15) is 21.6 Å². The monoisotopic (exact) mass is 452 g/mol. The molecule has 0 fully saturated rings. The molecule has 2 aromatic rings. The highest BCUT2D eigenvalue weighted by Crippen LogP contribution is 2.17. The molecule has 0 aliphatic heterocycles. The van der Waals surface area contributed by atoms with Gasteiger partial charge >= 0.3 is 0 Å². The van der Waals surface area contributed by atoms with Gasteiger partial charge in [0, 0.05) is 11.2 Å². The van der Waals surface area contributed by atoms with Crippen molar-refractivity contribution >= 4 is 31.5 Å². The van der Waals surface area contributed by atoms with Crippen LogP contribution in [0.5, 0.6) is 0 Å². The fraction of sp³-hybridized carbons (Fsp3) is 0.381. The standard InChI is InChI=1S/C21H28N2O5S2/c1-21(2,3)23-30(27,28)19-13-7-12-18(15-19)22-20(24)16-29(25,26)14-8-11-17-9-5-4-6-10-17/h4-7,9-10,12-13,15,23H,8,11,14,16H2,1-3H3,(H,22,24). The number of sulfonamides is 1. The van der Waals surface area contributed by atoms with Gasteiger partial charge in [0.2, 0.25) is 15.9 Å². The lowest BCUT2D eigenvalue weighted by Crippen LogP contribution is -2.40. The first-order chi connectivity index (χ1) is 13.9. The second-order valence-corrected chi connectivity index (χ2v) is 12.0. The molecule has 2 rings (SSSR count). The molecule has 30 heavy (non-hydrogen) atoms. The summed E-state index contributed by atoms with van der Waals surface area (Å²) in [6, 6.07) is 15.2. The zero-order chi connectivity index (χ0) is 22.4. The lowest BCUT2D eigenvalue weighted by atomic mass is 10.1. The summed E-state index contributed by atoms with van der Waals surface area (Å²) in [4.78, 5) is 12.2. The van der Waals surface area contributed by atoms with Crippen molar-refractivity contribution in [2.24, 2.45) is 0 Å². The van der Waals surface area contributed by atoms with Crippen molar-refractivity contribution < 1.29 is 21.6 Å². The van der Waals surface area contributed by atoms with Crippen LogP contribution in [0.1, 0.15) is 32.8 Å². The Bertz CT molecular complexity index is 1070. The van der Waals surface area contributed by atoms with E-state index in [4.69, 9.17) is 0 Å². The average molecular weight is 453 g/mol. The Labute approximate surface area is 178 Å². The largest absolute Gasteiger partial charge is 0.325 e. The fourth-order valence-corrected chi connectivity index (χ4v) is 5.48. The summed E-state index contributed by atoms with van der Waals surface area (Å²) in [6.07, 6.45) is 1.04. The van der Waals surface area contributed by atoms with Crippen molar-refractivity contribution in [3.8, 4) is 0 Å². The highest BCUT2D eigenvalue weighted by atomic mass is 32.2. The minimum absolute atomic E-state index is 0.0130. The highest BCUT2D eigenvalue weighted by Gasteiger charge is 2.22. The van der Waals surface area contributed by atoms with Crippen LogP contribution in [0.2, 0.25) is 0 Å². The molecule has 0 atom stereocenters. The average Bonchev–Trinajstić information content (AvgIpc) is 2.60. The summed E-state index contributed by atoms with van der Waals surface area (Å²) in [5.41, 5.74) is 0.599. The number of hydrogen-bond donors (Lipinski definition) is 2. The van der Waals surface area contributed by atoms with Gasteiger partial charge in [0.15, 0.2) is 9.84 Å². The first kappa shape index (κ1) is 24.0. The van der Waals surface area contributed by atoms with Gasteiger partial charge in [0.1, 0.15) is 5.75 Å². The summed E-state index contributed by atoms with van der Waals surface area (Å²) in [5, 5.41) is 2.47. The topological polar surface area (TPSA) is 109 Å². The third kappa shape index (κ3) is 8.25. The molecule has 164 valence electrons. The molecule has 0 spiro atoms. The second-order valence-electron chi connectivity index (χ2n) is 8.11. The Morgan fingerprint density at radius 3 is 2.23 bits per heavy atom. The minimum Gasteiger partial charge on any atom is -0.325 e. The van der Waals surface area contributed by atoms with Crippen LogP contribution in [0.25, 0.3) is 0 Å². The second kappa shape index (κ2) is 9.72. The molecule has 0 saturated carbocycles. The van der Waals surface area contributed by atoms with Gasteiger partial charge in [-0.25, -0.2) is 21.6 Å². The maximum Gasteiger partial charge on any atom is 0.241 e. The van der Waals surface area contributed by atoms with Gasteiger partial charge in [0.25, 0.3) is 0 Å². The van der Waals surface area contributed by atoms with Gasteiger partial charge in [-0.05, 0) is 57.4 Å². The zero-order valence-corrected chi connectivity index (χ0v) is 19.0. The Hall–Kier alpha value is -2.23. The normalized spacial score (nSPS) is 12.5. The summed E-state index contributed by atoms with van der Waals surface area (Å²) in [6.45, 7) is 5.16. The van der Waals surface area contributed by atoms with E-state index in [1.807, 2.05) is 30.3 Å². The smallest absolute Gasteiger partial charge is 0.241 e. The van der Waals surface area contributed by atoms with Crippen molar-refractivity contribution in [2.45, 2.75) is 44.0 Å². The van der Waals surface area contributed by atoms with E-state index in [1.165, 1.54) is 24.3 Å². The van der Waals surface area contributed by atoms with Crippen LogP contribution in [-0.2, 0) is 31.1 Å². The molecule has 0 heterocycles. The molecule has 0 aliphatic carbocycles.